The molecule has 0 atom stereocenters. The van der Waals surface area contributed by atoms with E-state index in [0.29, 0.717) is 6.42 Å². The SMILES string of the molecule is CCC(O)=[N+]=[N-]. The Hall–Kier alpha value is -0.820. The largest absolute Gasteiger partial charge is 0.451 e. The van der Waals surface area contributed by atoms with Gasteiger partial charge in [0.1, 0.15) is 0 Å². The van der Waals surface area contributed by atoms with Gasteiger partial charge in [-0.2, -0.15) is 0 Å². The van der Waals surface area contributed by atoms with Crippen LogP contribution in [0.4, 0.5) is 0 Å². The van der Waals surface area contributed by atoms with Crippen molar-refractivity contribution < 1.29 is 9.90 Å². The van der Waals surface area contributed by atoms with Gasteiger partial charge in [-0.05, 0) is 0 Å². The fourth-order valence-corrected chi connectivity index (χ4v) is 0.0707. The van der Waals surface area contributed by atoms with Gasteiger partial charge in [0.25, 0.3) is 0 Å². The van der Waals surface area contributed by atoms with Crippen LogP contribution >= 0.6 is 0 Å². The van der Waals surface area contributed by atoms with E-state index < -0.39 is 0 Å². The van der Waals surface area contributed by atoms with Crippen LogP contribution in [-0.2, 0) is 0 Å². The van der Waals surface area contributed by atoms with Crippen LogP contribution in [-0.4, -0.2) is 15.8 Å². The van der Waals surface area contributed by atoms with Gasteiger partial charge in [0.05, 0.1) is 6.42 Å². The molecule has 0 saturated heterocycles. The second-order valence-electron chi connectivity index (χ2n) is 0.870. The second kappa shape index (κ2) is 2.42. The van der Waals surface area contributed by atoms with Crippen LogP contribution < -0.4 is 0 Å². The lowest BCUT2D eigenvalue weighted by Gasteiger charge is -1.67. The molecule has 1 N–H and O–H groups in total. The molecule has 6 heavy (non-hydrogen) atoms. The average Bonchev–Trinajstić information content (AvgIpc) is 1.65. The Morgan fingerprint density at radius 2 is 2.50 bits per heavy atom. The van der Waals surface area contributed by atoms with Crippen LogP contribution in [0.25, 0.3) is 5.53 Å². The fraction of sp³-hybridized carbons (Fsp3) is 0.667. The van der Waals surface area contributed by atoms with Crippen LogP contribution in [0.3, 0.4) is 0 Å². The van der Waals surface area contributed by atoms with Gasteiger partial charge in [-0.1, -0.05) is 6.92 Å². The molecule has 0 aromatic heterocycles. The summed E-state index contributed by atoms with van der Waals surface area (Å²) < 4.78 is 0. The van der Waals surface area contributed by atoms with Crippen molar-refractivity contribution in [2.24, 2.45) is 0 Å². The van der Waals surface area contributed by atoms with Gasteiger partial charge in [-0.3, -0.25) is 0 Å². The summed E-state index contributed by atoms with van der Waals surface area (Å²) in [5.74, 6) is -0.227. The van der Waals surface area contributed by atoms with E-state index in [1.807, 2.05) is 0 Å². The van der Waals surface area contributed by atoms with Gasteiger partial charge in [0.2, 0.25) is 0 Å². The Morgan fingerprint density at radius 1 is 2.00 bits per heavy atom. The maximum absolute atomic E-state index is 8.17. The Labute approximate surface area is 35.8 Å². The minimum Gasteiger partial charge on any atom is -0.451 e. The summed E-state index contributed by atoms with van der Waals surface area (Å²) >= 11 is 0. The normalized spacial score (nSPS) is 6.83. The van der Waals surface area contributed by atoms with Crippen molar-refractivity contribution in [3.63, 3.8) is 0 Å². The molecule has 0 aromatic rings. The van der Waals surface area contributed by atoms with Crippen LogP contribution in [0.2, 0.25) is 0 Å². The number of nitrogens with zero attached hydrogens (tertiary/aromatic N) is 2. The summed E-state index contributed by atoms with van der Waals surface area (Å²) in [6.45, 7) is 1.69. The molecule has 0 aliphatic rings. The molecule has 0 radical (unpaired) electrons. The second-order valence-corrected chi connectivity index (χ2v) is 0.870. The summed E-state index contributed by atoms with van der Waals surface area (Å²) in [7, 11) is 0. The van der Waals surface area contributed by atoms with E-state index in [-0.39, 0.29) is 5.90 Å². The predicted octanol–water partition coefficient (Wildman–Crippen LogP) is 0.583. The highest BCUT2D eigenvalue weighted by atomic mass is 16.3. The fourth-order valence-electron chi connectivity index (χ4n) is 0.0707. The van der Waals surface area contributed by atoms with Crippen molar-refractivity contribution in [2.45, 2.75) is 13.3 Å². The van der Waals surface area contributed by atoms with E-state index in [1.165, 1.54) is 0 Å². The molecular formula is C3H6N2O. The standard InChI is InChI=1S/C3H6N2O/c1-2-3(6)5-4/h6H,2H2,1H3. The van der Waals surface area contributed by atoms with Gasteiger partial charge in [-0.15, -0.1) is 4.79 Å². The zero-order chi connectivity index (χ0) is 4.99. The summed E-state index contributed by atoms with van der Waals surface area (Å²) in [5, 5.41) is 8.17. The van der Waals surface area contributed by atoms with E-state index >= 15 is 0 Å². The third kappa shape index (κ3) is 1.49. The quantitative estimate of drug-likeness (QED) is 0.216. The monoisotopic (exact) mass is 86.0 g/mol. The Bertz CT molecular complexity index is 82.8. The van der Waals surface area contributed by atoms with Crippen molar-refractivity contribution in [3.05, 3.63) is 5.53 Å². The molecule has 0 aliphatic heterocycles. The molecular weight excluding hydrogens is 80.0 g/mol. The van der Waals surface area contributed by atoms with Gasteiger partial charge < -0.3 is 10.6 Å². The highest BCUT2D eigenvalue weighted by Gasteiger charge is 1.91. The van der Waals surface area contributed by atoms with E-state index in [1.54, 1.807) is 6.92 Å². The minimum atomic E-state index is -0.227. The number of rotatable bonds is 1. The van der Waals surface area contributed by atoms with Crippen molar-refractivity contribution in [1.29, 1.82) is 0 Å². The summed E-state index contributed by atoms with van der Waals surface area (Å²) in [5.41, 5.74) is 7.67. The third-order valence-corrected chi connectivity index (χ3v) is 0.432. The smallest absolute Gasteiger partial charge is 0.447 e. The first-order valence-electron chi connectivity index (χ1n) is 1.71. The highest BCUT2D eigenvalue weighted by molar-refractivity contribution is 5.66. The Kier molecular flexibility index (Phi) is 2.09. The van der Waals surface area contributed by atoms with Crippen molar-refractivity contribution >= 4 is 5.90 Å². The van der Waals surface area contributed by atoms with Crippen molar-refractivity contribution in [1.82, 2.24) is 0 Å². The number of aliphatic hydroxyl groups is 1. The molecule has 3 nitrogen and oxygen atoms in total. The van der Waals surface area contributed by atoms with Crippen molar-refractivity contribution in [2.75, 3.05) is 0 Å². The number of hydrogen-bond acceptors (Lipinski definition) is 0. The zero-order valence-corrected chi connectivity index (χ0v) is 3.55. The molecule has 0 spiro atoms. The molecule has 0 rings (SSSR count). The molecule has 0 fully saturated rings. The molecule has 0 bridgehead atoms. The zero-order valence-electron chi connectivity index (χ0n) is 3.55. The van der Waals surface area contributed by atoms with Gasteiger partial charge in [0, 0.05) is 0 Å². The predicted molar refractivity (Wildman–Crippen MR) is 21.5 cm³/mol. The van der Waals surface area contributed by atoms with Gasteiger partial charge in [-0.25, -0.2) is 0 Å². The lowest BCUT2D eigenvalue weighted by atomic mass is 10.5. The lowest BCUT2D eigenvalue weighted by Crippen LogP contribution is -1.91. The van der Waals surface area contributed by atoms with E-state index in [0.717, 1.165) is 0 Å². The number of aliphatic hydroxyl groups excluding tert-OH is 1. The first kappa shape index (κ1) is 5.18. The maximum Gasteiger partial charge on any atom is 0.447 e. The molecule has 34 valence electrons. The summed E-state index contributed by atoms with van der Waals surface area (Å²) in [4.78, 5) is 2.48. The molecule has 0 amide bonds. The Morgan fingerprint density at radius 3 is 2.50 bits per heavy atom. The topological polar surface area (TPSA) is 56.6 Å². The maximum atomic E-state index is 8.17. The minimum absolute atomic E-state index is 0.227. The van der Waals surface area contributed by atoms with Crippen LogP contribution in [0, 0.1) is 0 Å². The van der Waals surface area contributed by atoms with Crippen molar-refractivity contribution in [3.8, 4) is 0 Å². The Balaban J connectivity index is 3.52. The summed E-state index contributed by atoms with van der Waals surface area (Å²) in [6.07, 6.45) is 0.385. The molecule has 0 aromatic carbocycles. The van der Waals surface area contributed by atoms with Crippen LogP contribution in [0.1, 0.15) is 13.3 Å². The molecule has 0 saturated carbocycles. The molecule has 0 aliphatic carbocycles. The molecule has 0 heterocycles. The average molecular weight is 86.1 g/mol. The van der Waals surface area contributed by atoms with E-state index in [4.69, 9.17) is 10.6 Å². The van der Waals surface area contributed by atoms with E-state index in [9.17, 15) is 0 Å². The van der Waals surface area contributed by atoms with Crippen LogP contribution in [0.5, 0.6) is 0 Å². The summed E-state index contributed by atoms with van der Waals surface area (Å²) in [6, 6.07) is 0. The third-order valence-electron chi connectivity index (χ3n) is 0.432. The molecule has 3 heteroatoms. The number of hydrogen-bond donors (Lipinski definition) is 1. The lowest BCUT2D eigenvalue weighted by molar-refractivity contribution is -0.0332. The van der Waals surface area contributed by atoms with Gasteiger partial charge in [0.15, 0.2) is 0 Å². The van der Waals surface area contributed by atoms with E-state index in [2.05, 4.69) is 4.79 Å². The first-order chi connectivity index (χ1) is 2.81. The molecule has 0 unspecified atom stereocenters. The highest BCUT2D eigenvalue weighted by Crippen LogP contribution is 1.68. The first-order valence-corrected chi connectivity index (χ1v) is 1.71. The van der Waals surface area contributed by atoms with Crippen LogP contribution in [0.15, 0.2) is 0 Å². The van der Waals surface area contributed by atoms with Gasteiger partial charge >= 0.3 is 5.90 Å².